The van der Waals surface area contributed by atoms with Crippen LogP contribution in [0.15, 0.2) is 54.6 Å². The van der Waals surface area contributed by atoms with E-state index in [0.717, 1.165) is 23.1 Å². The van der Waals surface area contributed by atoms with Crippen LogP contribution in [-0.4, -0.2) is 25.7 Å². The molecule has 1 amide bonds. The zero-order chi connectivity index (χ0) is 24.5. The van der Waals surface area contributed by atoms with Crippen LogP contribution in [-0.2, 0) is 17.8 Å². The molecule has 2 N–H and O–H groups in total. The van der Waals surface area contributed by atoms with Crippen molar-refractivity contribution >= 4 is 46.4 Å². The van der Waals surface area contributed by atoms with Gasteiger partial charge in [-0.05, 0) is 68.3 Å². The number of halogens is 3. The monoisotopic (exact) mass is 520 g/mol. The van der Waals surface area contributed by atoms with E-state index in [0.29, 0.717) is 52.0 Å². The Morgan fingerprint density at radius 2 is 1.59 bits per heavy atom. The molecule has 180 valence electrons. The Morgan fingerprint density at radius 3 is 2.29 bits per heavy atom. The Balaban J connectivity index is 1.57. The Labute approximate surface area is 215 Å². The molecule has 0 saturated heterocycles. The smallest absolute Gasteiger partial charge is 0.262 e. The van der Waals surface area contributed by atoms with Crippen molar-refractivity contribution < 1.29 is 14.3 Å². The minimum atomic E-state index is -0.269. The molecule has 0 aromatic heterocycles. The van der Waals surface area contributed by atoms with E-state index in [4.69, 9.17) is 44.3 Å². The highest BCUT2D eigenvalue weighted by Gasteiger charge is 2.13. The fourth-order valence-electron chi connectivity index (χ4n) is 3.24. The zero-order valence-corrected chi connectivity index (χ0v) is 21.4. The number of benzene rings is 3. The lowest BCUT2D eigenvalue weighted by molar-refractivity contribution is -0.118. The molecule has 0 radical (unpaired) electrons. The number of nitrogens with one attached hydrogen (secondary N) is 2. The Bertz CT molecular complexity index is 1120. The third kappa shape index (κ3) is 7.81. The van der Waals surface area contributed by atoms with E-state index in [1.165, 1.54) is 0 Å². The number of carbonyl (C=O) groups is 1. The van der Waals surface area contributed by atoms with Crippen molar-refractivity contribution in [2.45, 2.75) is 26.8 Å². The van der Waals surface area contributed by atoms with Gasteiger partial charge in [-0.15, -0.1) is 0 Å². The van der Waals surface area contributed by atoms with E-state index < -0.39 is 0 Å². The third-order valence-corrected chi connectivity index (χ3v) is 5.95. The first-order valence-corrected chi connectivity index (χ1v) is 12.1. The van der Waals surface area contributed by atoms with Gasteiger partial charge in [-0.1, -0.05) is 58.6 Å². The first kappa shape index (κ1) is 26.2. The summed E-state index contributed by atoms with van der Waals surface area (Å²) in [5.74, 6) is 0.684. The number of ether oxygens (including phenoxy) is 2. The van der Waals surface area contributed by atoms with Crippen LogP contribution in [0.4, 0.5) is 5.69 Å². The normalized spacial score (nSPS) is 10.7. The minimum absolute atomic E-state index is 0.163. The van der Waals surface area contributed by atoms with Gasteiger partial charge in [-0.2, -0.15) is 0 Å². The first-order valence-electron chi connectivity index (χ1n) is 10.9. The van der Waals surface area contributed by atoms with Gasteiger partial charge in [0, 0.05) is 33.4 Å². The van der Waals surface area contributed by atoms with E-state index in [2.05, 4.69) is 10.6 Å². The maximum atomic E-state index is 12.3. The fraction of sp³-hybridized carbons (Fsp3) is 0.269. The lowest BCUT2D eigenvalue weighted by atomic mass is 10.1. The van der Waals surface area contributed by atoms with E-state index in [1.807, 2.05) is 56.3 Å². The van der Waals surface area contributed by atoms with Gasteiger partial charge in [0.1, 0.15) is 0 Å². The molecule has 5 nitrogen and oxygen atoms in total. The average molecular weight is 522 g/mol. The van der Waals surface area contributed by atoms with Crippen LogP contribution in [0.1, 0.15) is 23.6 Å². The predicted molar refractivity (Wildman–Crippen MR) is 140 cm³/mol. The summed E-state index contributed by atoms with van der Waals surface area (Å²) in [6.07, 6.45) is 0.753. The highest BCUT2D eigenvalue weighted by atomic mass is 35.5. The molecule has 0 fully saturated rings. The SMILES string of the molecule is CCOc1cc(CNCCc2ccc(Cl)cc2Cl)c(Cl)cc1OCC(=O)Nc1ccc(C)cc1. The van der Waals surface area contributed by atoms with E-state index in [1.54, 1.807) is 12.1 Å². The molecule has 3 aromatic carbocycles. The predicted octanol–water partition coefficient (Wildman–Crippen LogP) is 6.70. The number of rotatable bonds is 11. The van der Waals surface area contributed by atoms with Crippen molar-refractivity contribution in [1.29, 1.82) is 0 Å². The Morgan fingerprint density at radius 1 is 0.882 bits per heavy atom. The van der Waals surface area contributed by atoms with Crippen LogP contribution in [0.3, 0.4) is 0 Å². The van der Waals surface area contributed by atoms with Crippen LogP contribution in [0.5, 0.6) is 11.5 Å². The van der Waals surface area contributed by atoms with Crippen molar-refractivity contribution in [3.8, 4) is 11.5 Å². The van der Waals surface area contributed by atoms with Gasteiger partial charge in [0.2, 0.25) is 0 Å². The molecule has 0 heterocycles. The number of carbonyl (C=O) groups excluding carboxylic acids is 1. The second kappa shape index (κ2) is 12.9. The van der Waals surface area contributed by atoms with E-state index >= 15 is 0 Å². The number of anilines is 1. The average Bonchev–Trinajstić information content (AvgIpc) is 2.80. The maximum Gasteiger partial charge on any atom is 0.262 e. The standard InChI is InChI=1S/C26H27Cl3N2O3/c1-3-33-24-12-19(15-30-11-10-18-6-7-20(27)13-22(18)28)23(29)14-25(24)34-16-26(32)31-21-8-4-17(2)5-9-21/h4-9,12-14,30H,3,10-11,15-16H2,1-2H3,(H,31,32). The largest absolute Gasteiger partial charge is 0.490 e. The lowest BCUT2D eigenvalue weighted by Crippen LogP contribution is -2.20. The highest BCUT2D eigenvalue weighted by Crippen LogP contribution is 2.34. The summed E-state index contributed by atoms with van der Waals surface area (Å²) in [6, 6.07) is 16.6. The van der Waals surface area contributed by atoms with Gasteiger partial charge in [0.25, 0.3) is 5.91 Å². The van der Waals surface area contributed by atoms with Crippen molar-refractivity contribution in [3.63, 3.8) is 0 Å². The summed E-state index contributed by atoms with van der Waals surface area (Å²) in [4.78, 5) is 12.3. The zero-order valence-electron chi connectivity index (χ0n) is 19.1. The molecule has 0 aliphatic carbocycles. The van der Waals surface area contributed by atoms with Gasteiger partial charge in [-0.3, -0.25) is 4.79 Å². The lowest BCUT2D eigenvalue weighted by Gasteiger charge is -2.15. The molecule has 0 unspecified atom stereocenters. The highest BCUT2D eigenvalue weighted by molar-refractivity contribution is 6.35. The molecule has 0 spiro atoms. The van der Waals surface area contributed by atoms with Crippen LogP contribution in [0, 0.1) is 6.92 Å². The van der Waals surface area contributed by atoms with Gasteiger partial charge >= 0.3 is 0 Å². The van der Waals surface area contributed by atoms with Crippen LogP contribution >= 0.6 is 34.8 Å². The molecule has 0 aliphatic rings. The molecule has 0 bridgehead atoms. The third-order valence-electron chi connectivity index (χ3n) is 5.01. The van der Waals surface area contributed by atoms with Crippen LogP contribution in [0.25, 0.3) is 0 Å². The molecular weight excluding hydrogens is 495 g/mol. The number of amides is 1. The van der Waals surface area contributed by atoms with Gasteiger partial charge in [-0.25, -0.2) is 0 Å². The molecule has 0 atom stereocenters. The summed E-state index contributed by atoms with van der Waals surface area (Å²) >= 11 is 18.7. The van der Waals surface area contributed by atoms with Gasteiger partial charge in [0.05, 0.1) is 6.61 Å². The number of hydrogen-bond acceptors (Lipinski definition) is 4. The van der Waals surface area contributed by atoms with Crippen LogP contribution in [0.2, 0.25) is 15.1 Å². The van der Waals surface area contributed by atoms with Crippen molar-refractivity contribution in [2.75, 3.05) is 25.1 Å². The fourth-order valence-corrected chi connectivity index (χ4v) is 3.97. The summed E-state index contributed by atoms with van der Waals surface area (Å²) in [5, 5.41) is 7.97. The molecule has 3 aromatic rings. The van der Waals surface area contributed by atoms with Gasteiger partial charge in [0.15, 0.2) is 18.1 Å². The first-order chi connectivity index (χ1) is 16.4. The number of hydrogen-bond donors (Lipinski definition) is 2. The Kier molecular flexibility index (Phi) is 9.90. The maximum absolute atomic E-state index is 12.3. The molecular formula is C26H27Cl3N2O3. The minimum Gasteiger partial charge on any atom is -0.490 e. The Hall–Kier alpha value is -2.44. The number of aryl methyl sites for hydroxylation is 1. The van der Waals surface area contributed by atoms with E-state index in [-0.39, 0.29) is 12.5 Å². The van der Waals surface area contributed by atoms with Crippen molar-refractivity contribution in [2.24, 2.45) is 0 Å². The molecule has 34 heavy (non-hydrogen) atoms. The second-order valence-electron chi connectivity index (χ2n) is 7.69. The summed E-state index contributed by atoms with van der Waals surface area (Å²) in [5.41, 5.74) is 3.72. The van der Waals surface area contributed by atoms with Crippen LogP contribution < -0.4 is 20.1 Å². The summed E-state index contributed by atoms with van der Waals surface area (Å²) < 4.78 is 11.4. The summed E-state index contributed by atoms with van der Waals surface area (Å²) in [6.45, 7) is 5.41. The van der Waals surface area contributed by atoms with E-state index in [9.17, 15) is 4.79 Å². The quantitative estimate of drug-likeness (QED) is 0.276. The molecule has 3 rings (SSSR count). The summed E-state index contributed by atoms with van der Waals surface area (Å²) in [7, 11) is 0. The molecule has 0 saturated carbocycles. The molecule has 0 aliphatic heterocycles. The van der Waals surface area contributed by atoms with Crippen molar-refractivity contribution in [1.82, 2.24) is 5.32 Å². The topological polar surface area (TPSA) is 59.6 Å². The van der Waals surface area contributed by atoms with Gasteiger partial charge < -0.3 is 20.1 Å². The second-order valence-corrected chi connectivity index (χ2v) is 8.94. The van der Waals surface area contributed by atoms with Crippen molar-refractivity contribution in [3.05, 3.63) is 86.4 Å². The molecule has 8 heteroatoms.